The molecule has 0 saturated heterocycles. The quantitative estimate of drug-likeness (QED) is 0.630. The highest BCUT2D eigenvalue weighted by Crippen LogP contribution is 2.27. The summed E-state index contributed by atoms with van der Waals surface area (Å²) in [6.07, 6.45) is 4.55. The normalized spacial score (nSPS) is 15.6. The maximum atomic E-state index is 13.0. The minimum atomic E-state index is -0.285. The Morgan fingerprint density at radius 3 is 2.50 bits per heavy atom. The standard InChI is InChI=1S/C18H11Cl2N5O/c19-13-6-4-12(5-7-13)8-16-17(26)25(15-3-1-2-14(20)9-15)18(23-16)24-11-21-10-22-24/h1-11H/b16-8+. The molecule has 0 fully saturated rings. The first-order valence-electron chi connectivity index (χ1n) is 7.63. The molecule has 6 nitrogen and oxygen atoms in total. The summed E-state index contributed by atoms with van der Waals surface area (Å²) in [4.78, 5) is 22.8. The van der Waals surface area contributed by atoms with E-state index in [-0.39, 0.29) is 11.6 Å². The summed E-state index contributed by atoms with van der Waals surface area (Å²) >= 11 is 12.0. The van der Waals surface area contributed by atoms with E-state index in [4.69, 9.17) is 23.2 Å². The number of hydrogen-bond donors (Lipinski definition) is 0. The average Bonchev–Trinajstić information content (AvgIpc) is 3.26. The second-order valence-corrected chi connectivity index (χ2v) is 6.33. The zero-order valence-corrected chi connectivity index (χ0v) is 14.8. The van der Waals surface area contributed by atoms with Gasteiger partial charge in [0.1, 0.15) is 18.4 Å². The Labute approximate surface area is 159 Å². The van der Waals surface area contributed by atoms with Crippen molar-refractivity contribution >= 4 is 46.8 Å². The van der Waals surface area contributed by atoms with Gasteiger partial charge in [0.05, 0.1) is 5.69 Å². The molecule has 2 aromatic carbocycles. The van der Waals surface area contributed by atoms with Gasteiger partial charge in [0, 0.05) is 10.0 Å². The van der Waals surface area contributed by atoms with Crippen LogP contribution in [0.1, 0.15) is 5.56 Å². The summed E-state index contributed by atoms with van der Waals surface area (Å²) in [5.74, 6) is 0.0442. The van der Waals surface area contributed by atoms with Gasteiger partial charge in [-0.15, -0.1) is 0 Å². The predicted octanol–water partition coefficient (Wildman–Crippen LogP) is 3.88. The van der Waals surface area contributed by atoms with Crippen LogP contribution in [0.4, 0.5) is 5.69 Å². The molecular weight excluding hydrogens is 373 g/mol. The van der Waals surface area contributed by atoms with Gasteiger partial charge in [0.2, 0.25) is 5.96 Å². The summed E-state index contributed by atoms with van der Waals surface area (Å²) < 4.78 is 1.43. The van der Waals surface area contributed by atoms with E-state index < -0.39 is 0 Å². The van der Waals surface area contributed by atoms with Gasteiger partial charge in [-0.2, -0.15) is 9.78 Å². The lowest BCUT2D eigenvalue weighted by molar-refractivity contribution is -0.113. The molecular formula is C18H11Cl2N5O. The fourth-order valence-corrected chi connectivity index (χ4v) is 2.85. The number of anilines is 1. The monoisotopic (exact) mass is 383 g/mol. The van der Waals surface area contributed by atoms with Crippen molar-refractivity contribution in [2.75, 3.05) is 4.90 Å². The van der Waals surface area contributed by atoms with Crippen molar-refractivity contribution in [3.8, 4) is 0 Å². The molecule has 1 aromatic heterocycles. The molecule has 0 bridgehead atoms. The third-order valence-electron chi connectivity index (χ3n) is 3.71. The number of rotatable bonds is 2. The second-order valence-electron chi connectivity index (χ2n) is 5.45. The Morgan fingerprint density at radius 1 is 1.00 bits per heavy atom. The number of carbonyl (C=O) groups is 1. The van der Waals surface area contributed by atoms with Gasteiger partial charge in [0.25, 0.3) is 5.91 Å². The lowest BCUT2D eigenvalue weighted by atomic mass is 10.2. The number of nitrogens with zero attached hydrogens (tertiary/aromatic N) is 5. The molecule has 0 aliphatic carbocycles. The molecule has 0 atom stereocenters. The van der Waals surface area contributed by atoms with Crippen LogP contribution in [0.25, 0.3) is 6.08 Å². The molecule has 8 heteroatoms. The summed E-state index contributed by atoms with van der Waals surface area (Å²) in [6, 6.07) is 14.1. The Morgan fingerprint density at radius 2 is 1.81 bits per heavy atom. The van der Waals surface area contributed by atoms with Gasteiger partial charge in [-0.05, 0) is 42.0 Å². The predicted molar refractivity (Wildman–Crippen MR) is 101 cm³/mol. The molecule has 1 aliphatic heterocycles. The number of aliphatic imine (C=N–C) groups is 1. The van der Waals surface area contributed by atoms with Crippen molar-refractivity contribution in [1.29, 1.82) is 0 Å². The highest BCUT2D eigenvalue weighted by molar-refractivity contribution is 6.32. The first-order chi connectivity index (χ1) is 12.6. The van der Waals surface area contributed by atoms with Crippen LogP contribution in [0.2, 0.25) is 10.0 Å². The zero-order valence-electron chi connectivity index (χ0n) is 13.3. The Hall–Kier alpha value is -2.96. The molecule has 0 spiro atoms. The average molecular weight is 384 g/mol. The fourth-order valence-electron chi connectivity index (χ4n) is 2.53. The van der Waals surface area contributed by atoms with E-state index >= 15 is 0 Å². The maximum Gasteiger partial charge on any atom is 0.283 e. The van der Waals surface area contributed by atoms with Crippen molar-refractivity contribution in [1.82, 2.24) is 14.8 Å². The van der Waals surface area contributed by atoms with Crippen LogP contribution in [-0.4, -0.2) is 26.6 Å². The van der Waals surface area contributed by atoms with Gasteiger partial charge in [-0.1, -0.05) is 41.4 Å². The van der Waals surface area contributed by atoms with Crippen molar-refractivity contribution in [2.24, 2.45) is 4.99 Å². The first kappa shape index (κ1) is 16.5. The van der Waals surface area contributed by atoms with E-state index in [9.17, 15) is 4.79 Å². The van der Waals surface area contributed by atoms with E-state index in [2.05, 4.69) is 15.1 Å². The van der Waals surface area contributed by atoms with E-state index in [1.54, 1.807) is 42.5 Å². The molecule has 4 rings (SSSR count). The van der Waals surface area contributed by atoms with E-state index in [1.165, 1.54) is 22.2 Å². The molecule has 0 radical (unpaired) electrons. The molecule has 26 heavy (non-hydrogen) atoms. The molecule has 0 unspecified atom stereocenters. The van der Waals surface area contributed by atoms with Crippen LogP contribution >= 0.6 is 23.2 Å². The van der Waals surface area contributed by atoms with Crippen LogP contribution in [0, 0.1) is 0 Å². The largest absolute Gasteiger partial charge is 0.283 e. The zero-order chi connectivity index (χ0) is 18.1. The van der Waals surface area contributed by atoms with Crippen LogP contribution in [-0.2, 0) is 4.79 Å². The van der Waals surface area contributed by atoms with Crippen molar-refractivity contribution in [3.63, 3.8) is 0 Å². The molecule has 128 valence electrons. The summed E-state index contributed by atoms with van der Waals surface area (Å²) in [6.45, 7) is 0. The highest BCUT2D eigenvalue weighted by Gasteiger charge is 2.33. The van der Waals surface area contributed by atoms with Crippen molar-refractivity contribution < 1.29 is 4.79 Å². The number of aromatic nitrogens is 3. The Bertz CT molecular complexity index is 1030. The Kier molecular flexibility index (Phi) is 4.28. The number of benzene rings is 2. The number of carbonyl (C=O) groups excluding carboxylic acids is 1. The Balaban J connectivity index is 1.80. The topological polar surface area (TPSA) is 63.4 Å². The molecule has 3 aromatic rings. The number of halogens is 2. The minimum Gasteiger partial charge on any atom is -0.266 e. The molecule has 0 N–H and O–H groups in total. The summed E-state index contributed by atoms with van der Waals surface area (Å²) in [5, 5.41) is 5.23. The van der Waals surface area contributed by atoms with E-state index in [0.29, 0.717) is 21.7 Å². The summed E-state index contributed by atoms with van der Waals surface area (Å²) in [5.41, 5.74) is 1.68. The first-order valence-corrected chi connectivity index (χ1v) is 8.38. The summed E-state index contributed by atoms with van der Waals surface area (Å²) in [7, 11) is 0. The molecule has 0 saturated carbocycles. The van der Waals surface area contributed by atoms with Crippen LogP contribution in [0.15, 0.2) is 71.9 Å². The maximum absolute atomic E-state index is 13.0. The number of hydrogen-bond acceptors (Lipinski definition) is 4. The van der Waals surface area contributed by atoms with Gasteiger partial charge in [-0.25, -0.2) is 14.9 Å². The fraction of sp³-hybridized carbons (Fsp3) is 0. The molecule has 1 aliphatic rings. The van der Waals surface area contributed by atoms with E-state index in [1.807, 2.05) is 12.1 Å². The van der Waals surface area contributed by atoms with Gasteiger partial charge in [-0.3, -0.25) is 4.79 Å². The second kappa shape index (κ2) is 6.74. The van der Waals surface area contributed by atoms with Crippen LogP contribution in [0.5, 0.6) is 0 Å². The van der Waals surface area contributed by atoms with E-state index in [0.717, 1.165) is 5.56 Å². The van der Waals surface area contributed by atoms with Gasteiger partial charge in [0.15, 0.2) is 0 Å². The van der Waals surface area contributed by atoms with Crippen LogP contribution < -0.4 is 4.90 Å². The van der Waals surface area contributed by atoms with Crippen molar-refractivity contribution in [2.45, 2.75) is 0 Å². The lowest BCUT2D eigenvalue weighted by Gasteiger charge is -2.17. The van der Waals surface area contributed by atoms with Crippen LogP contribution in [0.3, 0.4) is 0 Å². The minimum absolute atomic E-state index is 0.276. The highest BCUT2D eigenvalue weighted by atomic mass is 35.5. The smallest absolute Gasteiger partial charge is 0.266 e. The molecule has 2 heterocycles. The lowest BCUT2D eigenvalue weighted by Crippen LogP contribution is -2.36. The SMILES string of the molecule is O=C1/C(=C\c2ccc(Cl)cc2)N=C(n2cncn2)N1c1cccc(Cl)c1. The third kappa shape index (κ3) is 3.12. The number of amides is 1. The van der Waals surface area contributed by atoms with Crippen molar-refractivity contribution in [3.05, 3.63) is 82.5 Å². The third-order valence-corrected chi connectivity index (χ3v) is 4.19. The van der Waals surface area contributed by atoms with Gasteiger partial charge >= 0.3 is 0 Å². The van der Waals surface area contributed by atoms with Gasteiger partial charge < -0.3 is 0 Å². The molecule has 1 amide bonds.